The van der Waals surface area contributed by atoms with Crippen molar-refractivity contribution >= 4 is 14.1 Å². The summed E-state index contributed by atoms with van der Waals surface area (Å²) in [5.74, 6) is 0. The summed E-state index contributed by atoms with van der Waals surface area (Å²) in [5, 5.41) is 0. The van der Waals surface area contributed by atoms with Gasteiger partial charge in [0.25, 0.3) is 0 Å². The van der Waals surface area contributed by atoms with E-state index in [0.29, 0.717) is 0 Å². The molecule has 0 N–H and O–H groups in total. The van der Waals surface area contributed by atoms with Crippen LogP contribution in [0.2, 0.25) is 18.1 Å². The maximum Gasteiger partial charge on any atom is 0.0770 e. The molecule has 0 nitrogen and oxygen atoms in total. The van der Waals surface area contributed by atoms with E-state index in [0.717, 1.165) is 0 Å². The van der Waals surface area contributed by atoms with E-state index >= 15 is 0 Å². The first-order chi connectivity index (χ1) is 7.65. The van der Waals surface area contributed by atoms with Gasteiger partial charge in [-0.2, -0.15) is 0 Å². The maximum absolute atomic E-state index is 2.54. The SMILES string of the molecule is CC[Si](/C=C\c1ccc(C)cc1)(CC)CC. The summed E-state index contributed by atoms with van der Waals surface area (Å²) in [6.45, 7) is 9.17. The van der Waals surface area contributed by atoms with Crippen LogP contribution in [0.5, 0.6) is 0 Å². The molecule has 0 aliphatic carbocycles. The lowest BCUT2D eigenvalue weighted by atomic mass is 10.2. The second-order valence-electron chi connectivity index (χ2n) is 4.67. The molecule has 16 heavy (non-hydrogen) atoms. The average Bonchev–Trinajstić information content (AvgIpc) is 2.34. The van der Waals surface area contributed by atoms with E-state index in [1.807, 2.05) is 0 Å². The van der Waals surface area contributed by atoms with Crippen molar-refractivity contribution in [1.29, 1.82) is 0 Å². The maximum atomic E-state index is 2.54. The highest BCUT2D eigenvalue weighted by Crippen LogP contribution is 2.22. The van der Waals surface area contributed by atoms with Gasteiger partial charge in [-0.05, 0) is 12.5 Å². The van der Waals surface area contributed by atoms with Crippen molar-refractivity contribution < 1.29 is 0 Å². The summed E-state index contributed by atoms with van der Waals surface area (Å²) < 4.78 is 0. The number of hydrogen-bond acceptors (Lipinski definition) is 0. The molecule has 88 valence electrons. The fourth-order valence-corrected chi connectivity index (χ4v) is 4.81. The lowest BCUT2D eigenvalue weighted by molar-refractivity contribution is 1.20. The molecule has 1 aromatic rings. The molecule has 0 bridgehead atoms. The van der Waals surface area contributed by atoms with Gasteiger partial charge in [0.05, 0.1) is 8.07 Å². The Morgan fingerprint density at radius 1 is 0.938 bits per heavy atom. The minimum Gasteiger partial charge on any atom is -0.0936 e. The lowest BCUT2D eigenvalue weighted by Gasteiger charge is -2.23. The van der Waals surface area contributed by atoms with Gasteiger partial charge in [0.2, 0.25) is 0 Å². The monoisotopic (exact) mass is 232 g/mol. The first-order valence-electron chi connectivity index (χ1n) is 6.41. The molecule has 0 unspecified atom stereocenters. The van der Waals surface area contributed by atoms with E-state index < -0.39 is 8.07 Å². The van der Waals surface area contributed by atoms with Crippen molar-refractivity contribution in [2.75, 3.05) is 0 Å². The van der Waals surface area contributed by atoms with Crippen molar-refractivity contribution in [3.05, 3.63) is 41.1 Å². The van der Waals surface area contributed by atoms with E-state index in [9.17, 15) is 0 Å². The molecule has 0 aliphatic heterocycles. The van der Waals surface area contributed by atoms with Gasteiger partial charge in [-0.3, -0.25) is 0 Å². The van der Waals surface area contributed by atoms with Gasteiger partial charge < -0.3 is 0 Å². The highest BCUT2D eigenvalue weighted by molar-refractivity contribution is 6.84. The molecule has 1 heteroatoms. The predicted octanol–water partition coefficient (Wildman–Crippen LogP) is 5.06. The Kier molecular flexibility index (Phi) is 5.00. The molecule has 0 amide bonds. The summed E-state index contributed by atoms with van der Waals surface area (Å²) in [6, 6.07) is 12.9. The van der Waals surface area contributed by atoms with Crippen molar-refractivity contribution in [2.45, 2.75) is 45.8 Å². The molecule has 0 heterocycles. The zero-order valence-electron chi connectivity index (χ0n) is 11.1. The lowest BCUT2D eigenvalue weighted by Crippen LogP contribution is -2.28. The zero-order valence-corrected chi connectivity index (χ0v) is 12.1. The average molecular weight is 232 g/mol. The van der Waals surface area contributed by atoms with Crippen LogP contribution in [-0.2, 0) is 0 Å². The molecular weight excluding hydrogens is 208 g/mol. The van der Waals surface area contributed by atoms with Gasteiger partial charge in [0, 0.05) is 0 Å². The Bertz CT molecular complexity index is 323. The molecule has 0 aliphatic rings. The first kappa shape index (κ1) is 13.2. The van der Waals surface area contributed by atoms with Gasteiger partial charge in [0.1, 0.15) is 0 Å². The smallest absolute Gasteiger partial charge is 0.0770 e. The normalized spacial score (nSPS) is 12.2. The third-order valence-corrected chi connectivity index (χ3v) is 8.92. The molecule has 0 saturated heterocycles. The van der Waals surface area contributed by atoms with E-state index in [2.05, 4.69) is 63.7 Å². The molecule has 0 saturated carbocycles. The van der Waals surface area contributed by atoms with Crippen LogP contribution >= 0.6 is 0 Å². The number of hydrogen-bond donors (Lipinski definition) is 0. The molecular formula is C15H24Si. The van der Waals surface area contributed by atoms with E-state index in [-0.39, 0.29) is 0 Å². The van der Waals surface area contributed by atoms with Crippen molar-refractivity contribution in [2.24, 2.45) is 0 Å². The standard InChI is InChI=1S/C15H24Si/c1-5-16(6-2,7-3)13-12-15-10-8-14(4)9-11-15/h8-13H,5-7H2,1-4H3/b13-12-. The van der Waals surface area contributed by atoms with Crippen LogP contribution in [0.15, 0.2) is 30.0 Å². The minimum absolute atomic E-state index is 1.09. The molecule has 0 fully saturated rings. The number of benzene rings is 1. The highest BCUT2D eigenvalue weighted by Gasteiger charge is 2.22. The summed E-state index contributed by atoms with van der Waals surface area (Å²) in [5.41, 5.74) is 5.22. The third-order valence-electron chi connectivity index (χ3n) is 3.82. The highest BCUT2D eigenvalue weighted by atomic mass is 28.3. The summed E-state index contributed by atoms with van der Waals surface area (Å²) in [7, 11) is -1.09. The van der Waals surface area contributed by atoms with Crippen LogP contribution < -0.4 is 0 Å². The fraction of sp³-hybridized carbons (Fsp3) is 0.467. The van der Waals surface area contributed by atoms with E-state index in [1.54, 1.807) is 0 Å². The van der Waals surface area contributed by atoms with Crippen LogP contribution in [-0.4, -0.2) is 8.07 Å². The second kappa shape index (κ2) is 6.05. The van der Waals surface area contributed by atoms with Crippen LogP contribution in [0.4, 0.5) is 0 Å². The van der Waals surface area contributed by atoms with E-state index in [1.165, 1.54) is 29.3 Å². The Hall–Kier alpha value is -0.823. The predicted molar refractivity (Wildman–Crippen MR) is 77.4 cm³/mol. The molecule has 0 aromatic heterocycles. The Balaban J connectivity index is 2.82. The van der Waals surface area contributed by atoms with Gasteiger partial charge in [0.15, 0.2) is 0 Å². The minimum atomic E-state index is -1.09. The second-order valence-corrected chi connectivity index (χ2v) is 9.85. The zero-order chi connectivity index (χ0) is 12.0. The Morgan fingerprint density at radius 2 is 1.44 bits per heavy atom. The Labute approximate surface area is 101 Å². The number of aryl methyl sites for hydroxylation is 1. The van der Waals surface area contributed by atoms with Crippen molar-refractivity contribution in [1.82, 2.24) is 0 Å². The van der Waals surface area contributed by atoms with Gasteiger partial charge in [-0.1, -0.05) is 80.5 Å². The van der Waals surface area contributed by atoms with E-state index in [4.69, 9.17) is 0 Å². The summed E-state index contributed by atoms with van der Waals surface area (Å²) in [4.78, 5) is 0. The molecule has 0 spiro atoms. The largest absolute Gasteiger partial charge is 0.0936 e. The van der Waals surface area contributed by atoms with Crippen LogP contribution in [0.3, 0.4) is 0 Å². The quantitative estimate of drug-likeness (QED) is 0.623. The molecule has 0 atom stereocenters. The molecule has 1 aromatic carbocycles. The van der Waals surface area contributed by atoms with Crippen LogP contribution in [0.25, 0.3) is 6.08 Å². The Morgan fingerprint density at radius 3 is 1.88 bits per heavy atom. The molecule has 0 radical (unpaired) electrons. The van der Waals surface area contributed by atoms with Crippen LogP contribution in [0.1, 0.15) is 31.9 Å². The summed E-state index contributed by atoms with van der Waals surface area (Å²) >= 11 is 0. The third kappa shape index (κ3) is 3.34. The van der Waals surface area contributed by atoms with Gasteiger partial charge in [-0.15, -0.1) is 0 Å². The number of rotatable bonds is 5. The fourth-order valence-electron chi connectivity index (χ4n) is 2.05. The molecule has 1 rings (SSSR count). The van der Waals surface area contributed by atoms with Gasteiger partial charge >= 0.3 is 0 Å². The summed E-state index contributed by atoms with van der Waals surface area (Å²) in [6.07, 6.45) is 2.34. The van der Waals surface area contributed by atoms with Crippen molar-refractivity contribution in [3.63, 3.8) is 0 Å². The topological polar surface area (TPSA) is 0 Å². The van der Waals surface area contributed by atoms with Crippen molar-refractivity contribution in [3.8, 4) is 0 Å². The van der Waals surface area contributed by atoms with Gasteiger partial charge in [-0.25, -0.2) is 0 Å². The van der Waals surface area contributed by atoms with Crippen LogP contribution in [0, 0.1) is 6.92 Å². The first-order valence-corrected chi connectivity index (χ1v) is 9.11.